The van der Waals surface area contributed by atoms with Crippen LogP contribution < -0.4 is 0 Å². The molecule has 0 nitrogen and oxygen atoms in total. The van der Waals surface area contributed by atoms with E-state index in [1.165, 1.54) is 43.8 Å². The zero-order chi connectivity index (χ0) is 19.1. The first-order valence-corrected chi connectivity index (χ1v) is 10.8. The highest BCUT2D eigenvalue weighted by Gasteiger charge is 2.14. The smallest absolute Gasteiger partial charge is 0.0265 e. The van der Waals surface area contributed by atoms with Crippen LogP contribution in [0.4, 0.5) is 0 Å². The second kappa shape index (κ2) is 7.20. The molecule has 0 amide bonds. The van der Waals surface area contributed by atoms with Gasteiger partial charge in [0.05, 0.1) is 0 Å². The van der Waals surface area contributed by atoms with E-state index in [-0.39, 0.29) is 0 Å². The molecule has 0 aliphatic carbocycles. The Morgan fingerprint density at radius 2 is 0.821 bits per heavy atom. The van der Waals surface area contributed by atoms with Crippen LogP contribution in [0.5, 0.6) is 0 Å². The molecule has 134 valence electrons. The molecule has 0 saturated heterocycles. The zero-order valence-corrected chi connectivity index (χ0v) is 18.2. The topological polar surface area (TPSA) is 0 Å². The minimum absolute atomic E-state index is 1.08. The van der Waals surface area contributed by atoms with E-state index in [1.807, 2.05) is 0 Å². The van der Waals surface area contributed by atoms with Crippen LogP contribution in [0.15, 0.2) is 106 Å². The number of benzene rings is 5. The molecule has 5 aromatic carbocycles. The molecule has 2 heteroatoms. The van der Waals surface area contributed by atoms with Crippen molar-refractivity contribution in [3.05, 3.63) is 106 Å². The Morgan fingerprint density at radius 1 is 0.393 bits per heavy atom. The summed E-state index contributed by atoms with van der Waals surface area (Å²) in [5.41, 5.74) is 4.86. The van der Waals surface area contributed by atoms with Crippen molar-refractivity contribution in [2.24, 2.45) is 0 Å². The fourth-order valence-electron chi connectivity index (χ4n) is 3.88. The maximum Gasteiger partial charge on any atom is 0.0265 e. The van der Waals surface area contributed by atoms with E-state index in [0.717, 1.165) is 8.95 Å². The lowest BCUT2D eigenvalue weighted by atomic mass is 9.93. The minimum Gasteiger partial charge on any atom is -0.0616 e. The van der Waals surface area contributed by atoms with Crippen molar-refractivity contribution in [2.75, 3.05) is 0 Å². The fraction of sp³-hybridized carbons (Fsp3) is 0. The summed E-state index contributed by atoms with van der Waals surface area (Å²) in [6, 6.07) is 34.5. The Bertz CT molecular complexity index is 1220. The molecule has 0 bridgehead atoms. The highest BCUT2D eigenvalue weighted by Crippen LogP contribution is 2.41. The van der Waals surface area contributed by atoms with Gasteiger partial charge in [0, 0.05) is 8.95 Å². The fourth-order valence-corrected chi connectivity index (χ4v) is 5.30. The molecule has 0 fully saturated rings. The third-order valence-electron chi connectivity index (χ3n) is 5.22. The molecular formula is C26H16Br2. The molecule has 0 N–H and O–H groups in total. The Labute approximate surface area is 181 Å². The summed E-state index contributed by atoms with van der Waals surface area (Å²) in [5.74, 6) is 0. The van der Waals surface area contributed by atoms with Crippen LogP contribution in [-0.2, 0) is 0 Å². The average Bonchev–Trinajstić information content (AvgIpc) is 2.73. The number of hydrogen-bond donors (Lipinski definition) is 0. The maximum atomic E-state index is 3.80. The molecule has 5 aromatic rings. The highest BCUT2D eigenvalue weighted by atomic mass is 79.9. The number of fused-ring (bicyclic) bond motifs is 2. The van der Waals surface area contributed by atoms with Gasteiger partial charge in [-0.15, -0.1) is 0 Å². The van der Waals surface area contributed by atoms with Crippen LogP contribution in [0, 0.1) is 0 Å². The van der Waals surface area contributed by atoms with Gasteiger partial charge >= 0.3 is 0 Å². The van der Waals surface area contributed by atoms with Gasteiger partial charge in [0.2, 0.25) is 0 Å². The van der Waals surface area contributed by atoms with E-state index in [4.69, 9.17) is 0 Å². The van der Waals surface area contributed by atoms with Crippen LogP contribution >= 0.6 is 31.9 Å². The van der Waals surface area contributed by atoms with Crippen molar-refractivity contribution in [1.82, 2.24) is 0 Å². The Balaban J connectivity index is 1.80. The van der Waals surface area contributed by atoms with Crippen molar-refractivity contribution in [3.63, 3.8) is 0 Å². The molecular weight excluding hydrogens is 472 g/mol. The van der Waals surface area contributed by atoms with Gasteiger partial charge < -0.3 is 0 Å². The average molecular weight is 488 g/mol. The van der Waals surface area contributed by atoms with E-state index in [9.17, 15) is 0 Å². The molecule has 0 atom stereocenters. The van der Waals surface area contributed by atoms with Gasteiger partial charge in [0.25, 0.3) is 0 Å². The van der Waals surface area contributed by atoms with Gasteiger partial charge in [0.15, 0.2) is 0 Å². The first kappa shape index (κ1) is 17.7. The number of halogens is 2. The van der Waals surface area contributed by atoms with Gasteiger partial charge in [-0.25, -0.2) is 0 Å². The third kappa shape index (κ3) is 2.97. The van der Waals surface area contributed by atoms with E-state index in [2.05, 4.69) is 129 Å². The molecule has 0 aliphatic rings. The van der Waals surface area contributed by atoms with Gasteiger partial charge in [-0.2, -0.15) is 0 Å². The predicted octanol–water partition coefficient (Wildman–Crippen LogP) is 8.85. The van der Waals surface area contributed by atoms with Crippen LogP contribution in [0.1, 0.15) is 0 Å². The molecule has 0 aromatic heterocycles. The molecule has 0 heterocycles. The van der Waals surface area contributed by atoms with E-state index in [1.54, 1.807) is 0 Å². The molecule has 0 unspecified atom stereocenters. The lowest BCUT2D eigenvalue weighted by Crippen LogP contribution is -1.88. The summed E-state index contributed by atoms with van der Waals surface area (Å²) in [7, 11) is 0. The summed E-state index contributed by atoms with van der Waals surface area (Å²) in [6.07, 6.45) is 0. The van der Waals surface area contributed by atoms with Gasteiger partial charge in [-0.1, -0.05) is 117 Å². The largest absolute Gasteiger partial charge is 0.0616 e. The molecule has 0 spiro atoms. The lowest BCUT2D eigenvalue weighted by molar-refractivity contribution is 1.56. The molecule has 0 saturated carbocycles. The second-order valence-corrected chi connectivity index (χ2v) is 8.57. The quantitative estimate of drug-likeness (QED) is 0.233. The number of hydrogen-bond acceptors (Lipinski definition) is 0. The summed E-state index contributed by atoms with van der Waals surface area (Å²) >= 11 is 7.59. The summed E-state index contributed by atoms with van der Waals surface area (Å²) in [6.45, 7) is 0. The van der Waals surface area contributed by atoms with Crippen molar-refractivity contribution in [3.8, 4) is 22.3 Å². The minimum atomic E-state index is 1.08. The second-order valence-electron chi connectivity index (χ2n) is 6.87. The van der Waals surface area contributed by atoms with E-state index in [0.29, 0.717) is 0 Å². The zero-order valence-electron chi connectivity index (χ0n) is 15.0. The van der Waals surface area contributed by atoms with Gasteiger partial charge in [-0.05, 0) is 55.9 Å². The van der Waals surface area contributed by atoms with Crippen LogP contribution in [0.2, 0.25) is 0 Å². The predicted molar refractivity (Wildman–Crippen MR) is 128 cm³/mol. The van der Waals surface area contributed by atoms with Crippen molar-refractivity contribution in [2.45, 2.75) is 0 Å². The maximum absolute atomic E-state index is 3.80. The van der Waals surface area contributed by atoms with Crippen LogP contribution in [0.25, 0.3) is 43.8 Å². The normalized spacial score (nSPS) is 11.2. The molecule has 28 heavy (non-hydrogen) atoms. The Morgan fingerprint density at radius 3 is 1.32 bits per heavy atom. The molecule has 5 rings (SSSR count). The van der Waals surface area contributed by atoms with E-state index < -0.39 is 0 Å². The molecule has 0 radical (unpaired) electrons. The van der Waals surface area contributed by atoms with Crippen molar-refractivity contribution < 1.29 is 0 Å². The SMILES string of the molecule is Brc1cc(Br)c(-c2cccc3ccccc23)cc1-c1cccc2ccccc12. The molecule has 0 aliphatic heterocycles. The van der Waals surface area contributed by atoms with Gasteiger partial charge in [-0.3, -0.25) is 0 Å². The standard InChI is InChI=1S/C26H16Br2/c27-25-16-26(28)24(22-14-6-10-18-8-2-4-12-20(18)22)15-23(25)21-13-5-9-17-7-1-3-11-19(17)21/h1-16H. The highest BCUT2D eigenvalue weighted by molar-refractivity contribution is 9.11. The summed E-state index contributed by atoms with van der Waals surface area (Å²) < 4.78 is 2.17. The van der Waals surface area contributed by atoms with Crippen molar-refractivity contribution >= 4 is 53.4 Å². The Kier molecular flexibility index (Phi) is 4.54. The van der Waals surface area contributed by atoms with Crippen LogP contribution in [-0.4, -0.2) is 0 Å². The Hall–Kier alpha value is -2.42. The monoisotopic (exact) mass is 486 g/mol. The first-order valence-electron chi connectivity index (χ1n) is 9.18. The summed E-state index contributed by atoms with van der Waals surface area (Å²) in [4.78, 5) is 0. The third-order valence-corrected chi connectivity index (χ3v) is 6.53. The summed E-state index contributed by atoms with van der Waals surface area (Å²) in [5, 5.41) is 5.02. The first-order chi connectivity index (χ1) is 13.7. The van der Waals surface area contributed by atoms with Gasteiger partial charge in [0.1, 0.15) is 0 Å². The van der Waals surface area contributed by atoms with Crippen LogP contribution in [0.3, 0.4) is 0 Å². The lowest BCUT2D eigenvalue weighted by Gasteiger charge is -2.14. The van der Waals surface area contributed by atoms with E-state index >= 15 is 0 Å². The number of rotatable bonds is 2. The van der Waals surface area contributed by atoms with Crippen molar-refractivity contribution in [1.29, 1.82) is 0 Å².